The first kappa shape index (κ1) is 19.2. The molecule has 2 unspecified atom stereocenters. The fraction of sp³-hybridized carbons (Fsp3) is 0.435. The van der Waals surface area contributed by atoms with Crippen molar-refractivity contribution in [2.75, 3.05) is 18.0 Å². The van der Waals surface area contributed by atoms with E-state index in [9.17, 15) is 19.9 Å². The molecule has 2 atom stereocenters. The number of hydrogen-bond donors (Lipinski definition) is 2. The molecular formula is C23H24N2O5. The van der Waals surface area contributed by atoms with Gasteiger partial charge in [0, 0.05) is 29.9 Å². The van der Waals surface area contributed by atoms with Crippen LogP contribution in [-0.2, 0) is 11.3 Å². The van der Waals surface area contributed by atoms with Gasteiger partial charge in [-0.2, -0.15) is 0 Å². The van der Waals surface area contributed by atoms with Crippen molar-refractivity contribution in [1.29, 1.82) is 0 Å². The summed E-state index contributed by atoms with van der Waals surface area (Å²) in [7, 11) is 0. The van der Waals surface area contributed by atoms with Crippen molar-refractivity contribution in [3.63, 3.8) is 0 Å². The average molecular weight is 408 g/mol. The van der Waals surface area contributed by atoms with Crippen LogP contribution in [0.2, 0.25) is 0 Å². The lowest BCUT2D eigenvalue weighted by Crippen LogP contribution is -2.47. The first-order valence-corrected chi connectivity index (χ1v) is 10.3. The maximum Gasteiger partial charge on any atom is 0.276 e. The molecule has 2 aromatic rings. The Kier molecular flexibility index (Phi) is 4.07. The van der Waals surface area contributed by atoms with Crippen molar-refractivity contribution in [3.8, 4) is 5.75 Å². The zero-order valence-electron chi connectivity index (χ0n) is 17.0. The summed E-state index contributed by atoms with van der Waals surface area (Å²) < 4.78 is 5.94. The molecule has 2 heterocycles. The van der Waals surface area contributed by atoms with E-state index in [1.54, 1.807) is 30.3 Å². The van der Waals surface area contributed by atoms with E-state index >= 15 is 0 Å². The monoisotopic (exact) mass is 408 g/mol. The summed E-state index contributed by atoms with van der Waals surface area (Å²) in [5.74, 6) is -2.19. The molecule has 1 fully saturated rings. The summed E-state index contributed by atoms with van der Waals surface area (Å²) in [6, 6.07) is 10.5. The van der Waals surface area contributed by atoms with Gasteiger partial charge in [-0.3, -0.25) is 4.79 Å². The molecule has 7 heteroatoms. The number of fused-ring (bicyclic) bond motifs is 5. The van der Waals surface area contributed by atoms with Gasteiger partial charge in [-0.1, -0.05) is 38.1 Å². The number of carbonyl (C=O) groups excluding carboxylic acids is 1. The third kappa shape index (κ3) is 2.24. The second-order valence-corrected chi connectivity index (χ2v) is 8.71. The topological polar surface area (TPSA) is 99.4 Å². The van der Waals surface area contributed by atoms with Crippen LogP contribution in [-0.4, -0.2) is 35.2 Å². The summed E-state index contributed by atoms with van der Waals surface area (Å²) in [6.07, 6.45) is 0.832. The molecule has 1 saturated heterocycles. The highest BCUT2D eigenvalue weighted by atomic mass is 16.6. The van der Waals surface area contributed by atoms with E-state index in [1.807, 2.05) is 24.8 Å². The number of rotatable bonds is 3. The predicted molar refractivity (Wildman–Crippen MR) is 111 cm³/mol. The number of carbonyl (C=O) groups is 1. The van der Waals surface area contributed by atoms with Gasteiger partial charge in [0.1, 0.15) is 5.75 Å². The van der Waals surface area contributed by atoms with Crippen LogP contribution >= 0.6 is 0 Å². The summed E-state index contributed by atoms with van der Waals surface area (Å²) >= 11 is 0. The Labute approximate surface area is 174 Å². The van der Waals surface area contributed by atoms with Crippen molar-refractivity contribution in [2.45, 2.75) is 50.0 Å². The first-order chi connectivity index (χ1) is 14.3. The molecule has 2 N–H and O–H groups in total. The van der Waals surface area contributed by atoms with Crippen molar-refractivity contribution in [1.82, 2.24) is 0 Å². The lowest BCUT2D eigenvalue weighted by atomic mass is 9.83. The maximum absolute atomic E-state index is 13.7. The Morgan fingerprint density at radius 2 is 1.90 bits per heavy atom. The fourth-order valence-corrected chi connectivity index (χ4v) is 4.99. The van der Waals surface area contributed by atoms with Crippen molar-refractivity contribution in [3.05, 3.63) is 63.6 Å². The van der Waals surface area contributed by atoms with Gasteiger partial charge in [0.15, 0.2) is 0 Å². The van der Waals surface area contributed by atoms with Crippen molar-refractivity contribution in [2.24, 2.45) is 5.18 Å². The van der Waals surface area contributed by atoms with E-state index in [2.05, 4.69) is 5.18 Å². The number of piperidine rings is 1. The third-order valence-corrected chi connectivity index (χ3v) is 6.72. The molecule has 7 nitrogen and oxygen atoms in total. The number of nitroso groups, excluding NO2 is 1. The minimum absolute atomic E-state index is 0.221. The Hall–Kier alpha value is -2.77. The molecule has 3 aliphatic rings. The lowest BCUT2D eigenvalue weighted by molar-refractivity contribution is -0.162. The number of aliphatic hydroxyl groups is 2. The van der Waals surface area contributed by atoms with Crippen LogP contribution < -0.4 is 9.64 Å². The number of nitrogens with zero attached hydrogens (tertiary/aromatic N) is 2. The Balaban J connectivity index is 1.67. The largest absolute Gasteiger partial charge is 0.454 e. The Morgan fingerprint density at radius 1 is 1.17 bits per heavy atom. The van der Waals surface area contributed by atoms with E-state index < -0.39 is 17.1 Å². The number of ether oxygens (including phenoxy) is 1. The molecule has 0 saturated carbocycles. The van der Waals surface area contributed by atoms with Gasteiger partial charge < -0.3 is 19.8 Å². The van der Waals surface area contributed by atoms with Crippen LogP contribution in [0.5, 0.6) is 5.75 Å². The normalized spacial score (nSPS) is 27.6. The highest BCUT2D eigenvalue weighted by molar-refractivity contribution is 6.14. The fourth-order valence-electron chi connectivity index (χ4n) is 4.99. The zero-order chi connectivity index (χ0) is 21.3. The first-order valence-electron chi connectivity index (χ1n) is 10.3. The molecule has 0 spiro atoms. The second-order valence-electron chi connectivity index (χ2n) is 8.71. The molecule has 0 amide bonds. The number of hydrogen-bond acceptors (Lipinski definition) is 7. The number of ketones is 1. The molecule has 30 heavy (non-hydrogen) atoms. The molecular weight excluding hydrogens is 384 g/mol. The minimum atomic E-state index is -2.18. The zero-order valence-corrected chi connectivity index (χ0v) is 17.0. The quantitative estimate of drug-likeness (QED) is 0.757. The lowest BCUT2D eigenvalue weighted by Gasteiger charge is -2.32. The number of benzene rings is 2. The molecule has 0 bridgehead atoms. The number of Topliss-reactive ketones (excluding diaryl/α,β-unsaturated/α-hetero) is 1. The van der Waals surface area contributed by atoms with Crippen LogP contribution in [0.15, 0.2) is 41.6 Å². The second kappa shape index (κ2) is 6.36. The van der Waals surface area contributed by atoms with Gasteiger partial charge >= 0.3 is 0 Å². The van der Waals surface area contributed by atoms with Crippen LogP contribution in [0.1, 0.15) is 59.7 Å². The maximum atomic E-state index is 13.7. The van der Waals surface area contributed by atoms with Crippen molar-refractivity contribution < 1.29 is 19.7 Å². The van der Waals surface area contributed by atoms with Gasteiger partial charge in [-0.15, -0.1) is 4.91 Å². The van der Waals surface area contributed by atoms with Crippen LogP contribution in [0.25, 0.3) is 0 Å². The highest BCUT2D eigenvalue weighted by Gasteiger charge is 2.73. The number of aliphatic hydroxyl groups excluding tert-OH is 1. The predicted octanol–water partition coefficient (Wildman–Crippen LogP) is 3.17. The van der Waals surface area contributed by atoms with E-state index in [0.717, 1.165) is 5.56 Å². The molecule has 1 aliphatic carbocycles. The van der Waals surface area contributed by atoms with Gasteiger partial charge in [-0.25, -0.2) is 0 Å². The highest BCUT2D eigenvalue weighted by Crippen LogP contribution is 2.61. The van der Waals surface area contributed by atoms with E-state index in [1.165, 1.54) is 0 Å². The minimum Gasteiger partial charge on any atom is -0.454 e. The summed E-state index contributed by atoms with van der Waals surface area (Å²) in [5.41, 5.74) is 0.384. The van der Waals surface area contributed by atoms with Gasteiger partial charge in [0.05, 0.1) is 11.7 Å². The van der Waals surface area contributed by atoms with Gasteiger partial charge in [-0.05, 0) is 41.6 Å². The van der Waals surface area contributed by atoms with E-state index in [-0.39, 0.29) is 23.1 Å². The Bertz CT molecular complexity index is 1060. The Morgan fingerprint density at radius 3 is 2.57 bits per heavy atom. The van der Waals surface area contributed by atoms with Gasteiger partial charge in [0.25, 0.3) is 11.3 Å². The summed E-state index contributed by atoms with van der Waals surface area (Å²) in [5, 5.41) is 24.7. The molecule has 2 aromatic carbocycles. The average Bonchev–Trinajstić information content (AvgIpc) is 3.11. The third-order valence-electron chi connectivity index (χ3n) is 6.72. The molecule has 0 radical (unpaired) electrons. The van der Waals surface area contributed by atoms with E-state index in [4.69, 9.17) is 4.74 Å². The molecule has 2 aliphatic heterocycles. The van der Waals surface area contributed by atoms with Crippen LogP contribution in [0.4, 0.5) is 5.69 Å². The molecule has 5 rings (SSSR count). The van der Waals surface area contributed by atoms with Crippen molar-refractivity contribution >= 4 is 11.5 Å². The van der Waals surface area contributed by atoms with E-state index in [0.29, 0.717) is 42.9 Å². The SMILES string of the molecule is CC(C)c1ccc2c(c1)OC1(O)c3cccc(N4CCC(O)CC4)c3C(=O)C21N=O. The smallest absolute Gasteiger partial charge is 0.276 e. The standard InChI is InChI=1S/C23H24N2O5/c1-13(2)14-6-7-16-19(12-14)30-23(28)17-4-3-5-18(25-10-8-15(26)9-11-25)20(17)21(27)22(16,23)24-29/h3-7,12-13,15,26,28H,8-11H2,1-2H3. The summed E-state index contributed by atoms with van der Waals surface area (Å²) in [4.78, 5) is 28.0. The van der Waals surface area contributed by atoms with Gasteiger partial charge in [0.2, 0.25) is 5.78 Å². The van der Waals surface area contributed by atoms with Crippen LogP contribution in [0, 0.1) is 4.91 Å². The van der Waals surface area contributed by atoms with Crippen LogP contribution in [0.3, 0.4) is 0 Å². The molecule has 156 valence electrons. The molecule has 0 aromatic heterocycles. The number of anilines is 1. The summed E-state index contributed by atoms with van der Waals surface area (Å²) in [6.45, 7) is 5.23.